The summed E-state index contributed by atoms with van der Waals surface area (Å²) < 4.78 is 5.48. The zero-order valence-corrected chi connectivity index (χ0v) is 15.5. The van der Waals surface area contributed by atoms with Crippen LogP contribution >= 0.6 is 0 Å². The first-order chi connectivity index (χ1) is 12.1. The summed E-state index contributed by atoms with van der Waals surface area (Å²) in [5.74, 6) is 2.57. The van der Waals surface area contributed by atoms with E-state index < -0.39 is 0 Å². The number of amides is 1. The van der Waals surface area contributed by atoms with Crippen molar-refractivity contribution in [3.63, 3.8) is 0 Å². The van der Waals surface area contributed by atoms with Gasteiger partial charge in [-0.2, -0.15) is 0 Å². The second-order valence-corrected chi connectivity index (χ2v) is 8.42. The molecular formula is C21H28N2O2. The molecule has 2 bridgehead atoms. The maximum Gasteiger partial charge on any atom is 0.224 e. The van der Waals surface area contributed by atoms with E-state index in [1.807, 2.05) is 0 Å². The highest BCUT2D eigenvalue weighted by molar-refractivity contribution is 5.96. The van der Waals surface area contributed by atoms with Crippen LogP contribution in [0.1, 0.15) is 45.1 Å². The van der Waals surface area contributed by atoms with E-state index in [1.54, 1.807) is 14.0 Å². The highest BCUT2D eigenvalue weighted by atomic mass is 16.5. The first-order valence-corrected chi connectivity index (χ1v) is 9.84. The van der Waals surface area contributed by atoms with Gasteiger partial charge >= 0.3 is 0 Å². The molecule has 1 amide bonds. The molecule has 5 atom stereocenters. The molecule has 3 fully saturated rings. The Labute approximate surface area is 150 Å². The fourth-order valence-corrected chi connectivity index (χ4v) is 6.96. The Balaban J connectivity index is 1.74. The third-order valence-electron chi connectivity index (χ3n) is 7.74. The predicted molar refractivity (Wildman–Crippen MR) is 98.1 cm³/mol. The summed E-state index contributed by atoms with van der Waals surface area (Å²) in [6, 6.07) is 7.38. The fourth-order valence-electron chi connectivity index (χ4n) is 6.96. The number of carbonyl (C=O) groups is 1. The molecule has 2 saturated heterocycles. The molecular weight excluding hydrogens is 312 g/mol. The number of methoxy groups -OCH3 is 1. The Morgan fingerprint density at radius 1 is 1.36 bits per heavy atom. The fraction of sp³-hybridized carbons (Fsp3) is 0.667. The van der Waals surface area contributed by atoms with Crippen LogP contribution in [0.5, 0.6) is 5.75 Å². The SMILES string of the molecule is CC[C@@H]1[C@@H]2CCN3CC[C@]4(c5ccc(OC)cc5N(C(C)=O)[C@@H]4C2)[C@@H]13. The van der Waals surface area contributed by atoms with Crippen molar-refractivity contribution in [1.29, 1.82) is 0 Å². The maximum atomic E-state index is 12.7. The second-order valence-electron chi connectivity index (χ2n) is 8.42. The average Bonchev–Trinajstić information content (AvgIpc) is 3.15. The number of rotatable bonds is 2. The first-order valence-electron chi connectivity index (χ1n) is 9.84. The minimum absolute atomic E-state index is 0.130. The molecule has 3 heterocycles. The number of fused-ring (bicyclic) bond motifs is 2. The van der Waals surface area contributed by atoms with Gasteiger partial charge in [-0.15, -0.1) is 0 Å². The second kappa shape index (κ2) is 5.23. The molecule has 1 aliphatic carbocycles. The highest BCUT2D eigenvalue weighted by Gasteiger charge is 2.66. The van der Waals surface area contributed by atoms with Gasteiger partial charge in [-0.05, 0) is 55.8 Å². The van der Waals surface area contributed by atoms with Crippen LogP contribution in [0.3, 0.4) is 0 Å². The molecule has 0 unspecified atom stereocenters. The monoisotopic (exact) mass is 340 g/mol. The first kappa shape index (κ1) is 15.7. The standard InChI is InChI=1S/C21H28N2O2/c1-4-16-14-7-9-22-10-8-21(20(16)22)17-6-5-15(25-3)12-18(17)23(13(2)24)19(21)11-14/h5-6,12,14,16,19-20H,4,7-11H2,1-3H3/t14-,16-,19-,20-,21-/m1/s1. The van der Waals surface area contributed by atoms with Gasteiger partial charge in [0.2, 0.25) is 5.91 Å². The molecule has 1 spiro atoms. The van der Waals surface area contributed by atoms with E-state index in [0.29, 0.717) is 12.1 Å². The molecule has 4 heteroatoms. The summed E-state index contributed by atoms with van der Waals surface area (Å²) in [6.45, 7) is 6.52. The molecule has 5 rings (SSSR count). The molecule has 0 N–H and O–H groups in total. The molecule has 3 aliphatic heterocycles. The number of anilines is 1. The van der Waals surface area contributed by atoms with Gasteiger partial charge in [-0.25, -0.2) is 0 Å². The summed E-state index contributed by atoms with van der Waals surface area (Å²) in [6.07, 6.45) is 4.91. The van der Waals surface area contributed by atoms with Gasteiger partial charge < -0.3 is 9.64 Å². The number of benzene rings is 1. The number of piperidine rings is 1. The Morgan fingerprint density at radius 3 is 2.92 bits per heavy atom. The summed E-state index contributed by atoms with van der Waals surface area (Å²) in [5.41, 5.74) is 2.64. The quantitative estimate of drug-likeness (QED) is 0.829. The third kappa shape index (κ3) is 1.79. The number of ether oxygens (including phenoxy) is 1. The van der Waals surface area contributed by atoms with Gasteiger partial charge in [-0.1, -0.05) is 19.4 Å². The third-order valence-corrected chi connectivity index (χ3v) is 7.74. The van der Waals surface area contributed by atoms with Crippen molar-refractivity contribution in [2.75, 3.05) is 25.1 Å². The van der Waals surface area contributed by atoms with Gasteiger partial charge in [0.15, 0.2) is 0 Å². The smallest absolute Gasteiger partial charge is 0.224 e. The van der Waals surface area contributed by atoms with E-state index in [4.69, 9.17) is 4.74 Å². The Kier molecular flexibility index (Phi) is 3.28. The van der Waals surface area contributed by atoms with E-state index in [-0.39, 0.29) is 11.3 Å². The van der Waals surface area contributed by atoms with Gasteiger partial charge in [-0.3, -0.25) is 9.69 Å². The van der Waals surface area contributed by atoms with Crippen LogP contribution in [0.4, 0.5) is 5.69 Å². The zero-order valence-electron chi connectivity index (χ0n) is 15.5. The normalized spacial score (nSPS) is 38.4. The Morgan fingerprint density at radius 2 is 2.20 bits per heavy atom. The van der Waals surface area contributed by atoms with E-state index in [2.05, 4.69) is 34.9 Å². The lowest BCUT2D eigenvalue weighted by Crippen LogP contribution is -2.64. The van der Waals surface area contributed by atoms with Gasteiger partial charge in [0.1, 0.15) is 5.75 Å². The lowest BCUT2D eigenvalue weighted by molar-refractivity contribution is -0.118. The zero-order chi connectivity index (χ0) is 17.3. The molecule has 0 radical (unpaired) electrons. The van der Waals surface area contributed by atoms with E-state index in [1.165, 1.54) is 44.3 Å². The van der Waals surface area contributed by atoms with E-state index in [9.17, 15) is 4.79 Å². The lowest BCUT2D eigenvalue weighted by atomic mass is 9.55. The van der Waals surface area contributed by atoms with Crippen molar-refractivity contribution in [2.24, 2.45) is 11.8 Å². The molecule has 4 aliphatic rings. The van der Waals surface area contributed by atoms with E-state index in [0.717, 1.165) is 23.3 Å². The highest BCUT2D eigenvalue weighted by Crippen LogP contribution is 2.63. The molecule has 0 aromatic heterocycles. The summed E-state index contributed by atoms with van der Waals surface area (Å²) in [4.78, 5) is 17.5. The number of carbonyl (C=O) groups excluding carboxylic acids is 1. The Hall–Kier alpha value is -1.55. The minimum Gasteiger partial charge on any atom is -0.497 e. The van der Waals surface area contributed by atoms with Crippen LogP contribution in [0.25, 0.3) is 0 Å². The van der Waals surface area contributed by atoms with Crippen molar-refractivity contribution in [3.8, 4) is 5.75 Å². The predicted octanol–water partition coefficient (Wildman–Crippen LogP) is 3.19. The minimum atomic E-state index is 0.130. The average molecular weight is 340 g/mol. The maximum absolute atomic E-state index is 12.7. The van der Waals surface area contributed by atoms with Crippen LogP contribution in [-0.2, 0) is 10.2 Å². The number of nitrogens with zero attached hydrogens (tertiary/aromatic N) is 2. The molecule has 25 heavy (non-hydrogen) atoms. The van der Waals surface area contributed by atoms with Crippen molar-refractivity contribution in [2.45, 2.75) is 57.0 Å². The Bertz CT molecular complexity index is 733. The van der Waals surface area contributed by atoms with Crippen molar-refractivity contribution < 1.29 is 9.53 Å². The molecule has 134 valence electrons. The van der Waals surface area contributed by atoms with Crippen LogP contribution in [-0.4, -0.2) is 43.1 Å². The summed E-state index contributed by atoms with van der Waals surface area (Å²) in [5, 5.41) is 0. The van der Waals surface area contributed by atoms with E-state index >= 15 is 0 Å². The van der Waals surface area contributed by atoms with Gasteiger partial charge in [0.05, 0.1) is 12.8 Å². The molecule has 1 aromatic rings. The van der Waals surface area contributed by atoms with Crippen LogP contribution in [0.15, 0.2) is 18.2 Å². The van der Waals surface area contributed by atoms with Gasteiger partial charge in [0, 0.05) is 30.5 Å². The van der Waals surface area contributed by atoms with Crippen molar-refractivity contribution >= 4 is 11.6 Å². The number of hydrogen-bond donors (Lipinski definition) is 0. The molecule has 1 aromatic carbocycles. The topological polar surface area (TPSA) is 32.8 Å². The van der Waals surface area contributed by atoms with Crippen LogP contribution < -0.4 is 9.64 Å². The molecule has 4 nitrogen and oxygen atoms in total. The van der Waals surface area contributed by atoms with Crippen molar-refractivity contribution in [3.05, 3.63) is 23.8 Å². The van der Waals surface area contributed by atoms with Crippen LogP contribution in [0, 0.1) is 11.8 Å². The number of hydrogen-bond acceptors (Lipinski definition) is 3. The largest absolute Gasteiger partial charge is 0.497 e. The summed E-state index contributed by atoms with van der Waals surface area (Å²) >= 11 is 0. The lowest BCUT2D eigenvalue weighted by Gasteiger charge is -2.56. The van der Waals surface area contributed by atoms with Gasteiger partial charge in [0.25, 0.3) is 0 Å². The summed E-state index contributed by atoms with van der Waals surface area (Å²) in [7, 11) is 1.71. The van der Waals surface area contributed by atoms with Crippen molar-refractivity contribution in [1.82, 2.24) is 4.90 Å². The molecule has 1 saturated carbocycles. The van der Waals surface area contributed by atoms with Crippen LogP contribution in [0.2, 0.25) is 0 Å².